The van der Waals surface area contributed by atoms with E-state index in [-0.39, 0.29) is 11.7 Å². The van der Waals surface area contributed by atoms with Gasteiger partial charge in [0.05, 0.1) is 10.5 Å². The molecule has 4 aromatic rings. The molecule has 0 radical (unpaired) electrons. The molecule has 2 aromatic heterocycles. The van der Waals surface area contributed by atoms with E-state index in [1.165, 1.54) is 0 Å². The summed E-state index contributed by atoms with van der Waals surface area (Å²) in [5.41, 5.74) is 5.99. The molecule has 2 heterocycles. The number of aryl methyl sites for hydroxylation is 1. The summed E-state index contributed by atoms with van der Waals surface area (Å²) in [6.07, 6.45) is 1.10. The normalized spacial score (nSPS) is 10.6. The van der Waals surface area contributed by atoms with Gasteiger partial charge in [0, 0.05) is 15.6 Å². The van der Waals surface area contributed by atoms with Gasteiger partial charge in [-0.05, 0) is 47.1 Å². The molecule has 10 nitrogen and oxygen atoms in total. The number of carbonyl (C=O) groups excluding carboxylic acids is 1. The first-order chi connectivity index (χ1) is 15.4. The van der Waals surface area contributed by atoms with Crippen molar-refractivity contribution in [1.29, 1.82) is 0 Å². The van der Waals surface area contributed by atoms with Gasteiger partial charge in [-0.1, -0.05) is 30.3 Å². The molecule has 0 aliphatic heterocycles. The fourth-order valence-electron chi connectivity index (χ4n) is 2.93. The molecule has 0 saturated heterocycles. The van der Waals surface area contributed by atoms with E-state index < -0.39 is 16.5 Å². The van der Waals surface area contributed by atoms with Crippen LogP contribution in [0.15, 0.2) is 65.4 Å². The molecule has 0 fully saturated rings. The first kappa shape index (κ1) is 21.1. The highest BCUT2D eigenvalue weighted by Crippen LogP contribution is 2.36. The number of carbonyl (C=O) groups is 1. The third kappa shape index (κ3) is 4.32. The van der Waals surface area contributed by atoms with Gasteiger partial charge in [-0.15, -0.1) is 0 Å². The zero-order valence-electron chi connectivity index (χ0n) is 16.6. The number of nitrogens with one attached hydrogen (secondary N) is 2. The molecule has 32 heavy (non-hydrogen) atoms. The summed E-state index contributed by atoms with van der Waals surface area (Å²) in [7, 11) is 0. The summed E-state index contributed by atoms with van der Waals surface area (Å²) in [4.78, 5) is 35.8. The summed E-state index contributed by atoms with van der Waals surface area (Å²) < 4.78 is 6.34. The van der Waals surface area contributed by atoms with Gasteiger partial charge >= 0.3 is 11.6 Å². The van der Waals surface area contributed by atoms with Gasteiger partial charge in [-0.2, -0.15) is 4.98 Å². The van der Waals surface area contributed by atoms with Crippen LogP contribution in [0.5, 0.6) is 11.6 Å². The zero-order chi connectivity index (χ0) is 22.7. The maximum absolute atomic E-state index is 12.4. The SMILES string of the molecule is Cc1ccc2cccc(Oc3ncnc(NNC(=O)c4ccccc4Br)c3[N+](=O)[O-])c2n1. The molecule has 0 saturated carbocycles. The number of fused-ring (bicyclic) bond motifs is 1. The van der Waals surface area contributed by atoms with Crippen molar-refractivity contribution in [3.05, 3.63) is 86.8 Å². The Morgan fingerprint density at radius 3 is 2.69 bits per heavy atom. The fraction of sp³-hybridized carbons (Fsp3) is 0.0476. The molecule has 0 atom stereocenters. The Labute approximate surface area is 189 Å². The van der Waals surface area contributed by atoms with Crippen LogP contribution in [0.2, 0.25) is 0 Å². The molecule has 160 valence electrons. The Morgan fingerprint density at radius 1 is 1.09 bits per heavy atom. The number of para-hydroxylation sites is 1. The molecule has 11 heteroatoms. The predicted octanol–water partition coefficient (Wildman–Crippen LogP) is 4.55. The minimum atomic E-state index is -0.688. The summed E-state index contributed by atoms with van der Waals surface area (Å²) in [5.74, 6) is -0.735. The first-order valence-corrected chi connectivity index (χ1v) is 10.1. The third-order valence-electron chi connectivity index (χ3n) is 4.41. The van der Waals surface area contributed by atoms with E-state index in [4.69, 9.17) is 4.74 Å². The average Bonchev–Trinajstić information content (AvgIpc) is 2.78. The third-order valence-corrected chi connectivity index (χ3v) is 5.10. The average molecular weight is 495 g/mol. The monoisotopic (exact) mass is 494 g/mol. The zero-order valence-corrected chi connectivity index (χ0v) is 18.2. The minimum absolute atomic E-state index is 0.232. The van der Waals surface area contributed by atoms with Crippen LogP contribution >= 0.6 is 15.9 Å². The molecular formula is C21H15BrN6O4. The van der Waals surface area contributed by atoms with Crippen LogP contribution in [0.1, 0.15) is 16.1 Å². The second kappa shape index (κ2) is 8.94. The molecule has 0 aliphatic carbocycles. The number of hydrogen-bond donors (Lipinski definition) is 2. The van der Waals surface area contributed by atoms with Gasteiger partial charge in [0.2, 0.25) is 5.82 Å². The molecule has 4 rings (SSSR count). The van der Waals surface area contributed by atoms with Crippen molar-refractivity contribution in [2.24, 2.45) is 0 Å². The Hall–Kier alpha value is -4.12. The number of ether oxygens (including phenoxy) is 1. The number of hydrogen-bond acceptors (Lipinski definition) is 8. The van der Waals surface area contributed by atoms with Crippen LogP contribution in [0.25, 0.3) is 10.9 Å². The number of aromatic nitrogens is 3. The maximum Gasteiger partial charge on any atom is 0.374 e. The molecule has 2 N–H and O–H groups in total. The topological polar surface area (TPSA) is 132 Å². The second-order valence-corrected chi connectivity index (χ2v) is 7.43. The Bertz CT molecular complexity index is 1350. The number of halogens is 1. The highest BCUT2D eigenvalue weighted by Gasteiger charge is 2.26. The number of pyridine rings is 1. The van der Waals surface area contributed by atoms with Gasteiger partial charge in [0.25, 0.3) is 5.91 Å². The molecular weight excluding hydrogens is 480 g/mol. The molecule has 0 spiro atoms. The Morgan fingerprint density at radius 2 is 1.91 bits per heavy atom. The summed E-state index contributed by atoms with van der Waals surface area (Å²) in [6, 6.07) is 15.7. The van der Waals surface area contributed by atoms with Crippen LogP contribution in [0, 0.1) is 17.0 Å². The number of nitro groups is 1. The Balaban J connectivity index is 1.65. The number of anilines is 1. The molecule has 1 amide bonds. The highest BCUT2D eigenvalue weighted by molar-refractivity contribution is 9.10. The molecule has 0 unspecified atom stereocenters. The number of hydrazine groups is 1. The molecule has 2 aromatic carbocycles. The van der Waals surface area contributed by atoms with Crippen molar-refractivity contribution in [3.8, 4) is 11.6 Å². The lowest BCUT2D eigenvalue weighted by molar-refractivity contribution is -0.385. The van der Waals surface area contributed by atoms with Gasteiger partial charge in [-0.3, -0.25) is 25.8 Å². The lowest BCUT2D eigenvalue weighted by Crippen LogP contribution is -2.30. The summed E-state index contributed by atoms with van der Waals surface area (Å²) >= 11 is 3.29. The van der Waals surface area contributed by atoms with Crippen LogP contribution < -0.4 is 15.6 Å². The Kier molecular flexibility index (Phi) is 5.90. The van der Waals surface area contributed by atoms with Crippen LogP contribution in [0.4, 0.5) is 11.5 Å². The highest BCUT2D eigenvalue weighted by atomic mass is 79.9. The van der Waals surface area contributed by atoms with E-state index in [9.17, 15) is 14.9 Å². The van der Waals surface area contributed by atoms with Gasteiger partial charge < -0.3 is 4.74 Å². The lowest BCUT2D eigenvalue weighted by atomic mass is 10.2. The number of rotatable bonds is 6. The number of amides is 1. The van der Waals surface area contributed by atoms with Crippen molar-refractivity contribution < 1.29 is 14.5 Å². The quantitative estimate of drug-likeness (QED) is 0.294. The van der Waals surface area contributed by atoms with Crippen LogP contribution in [-0.2, 0) is 0 Å². The van der Waals surface area contributed by atoms with Gasteiger partial charge in [0.15, 0.2) is 5.75 Å². The summed E-state index contributed by atoms with van der Waals surface area (Å²) in [6.45, 7) is 1.83. The lowest BCUT2D eigenvalue weighted by Gasteiger charge is -2.11. The van der Waals surface area contributed by atoms with E-state index in [0.29, 0.717) is 21.3 Å². The van der Waals surface area contributed by atoms with Crippen molar-refractivity contribution in [3.63, 3.8) is 0 Å². The van der Waals surface area contributed by atoms with Crippen LogP contribution in [0.3, 0.4) is 0 Å². The standard InChI is InChI=1S/C21H15BrN6O4/c1-12-9-10-13-5-4-8-16(17(13)25-12)32-21-18(28(30)31)19(23-11-24-21)26-27-20(29)14-6-2-3-7-15(14)22/h2-11H,1H3,(H,27,29)(H,23,24,26). The first-order valence-electron chi connectivity index (χ1n) is 9.28. The fourth-order valence-corrected chi connectivity index (χ4v) is 3.39. The summed E-state index contributed by atoms with van der Waals surface area (Å²) in [5, 5.41) is 12.6. The molecule has 0 bridgehead atoms. The van der Waals surface area contributed by atoms with Crippen molar-refractivity contribution in [2.45, 2.75) is 6.92 Å². The van der Waals surface area contributed by atoms with Crippen molar-refractivity contribution >= 4 is 44.2 Å². The van der Waals surface area contributed by atoms with E-state index >= 15 is 0 Å². The van der Waals surface area contributed by atoms with Crippen LogP contribution in [-0.4, -0.2) is 25.8 Å². The van der Waals surface area contributed by atoms with E-state index in [1.54, 1.807) is 36.4 Å². The smallest absolute Gasteiger partial charge is 0.374 e. The van der Waals surface area contributed by atoms with E-state index in [2.05, 4.69) is 41.7 Å². The van der Waals surface area contributed by atoms with E-state index in [0.717, 1.165) is 17.4 Å². The largest absolute Gasteiger partial charge is 0.431 e. The number of benzene rings is 2. The predicted molar refractivity (Wildman–Crippen MR) is 120 cm³/mol. The van der Waals surface area contributed by atoms with Gasteiger partial charge in [0.1, 0.15) is 11.8 Å². The van der Waals surface area contributed by atoms with Crippen molar-refractivity contribution in [1.82, 2.24) is 20.4 Å². The molecule has 0 aliphatic rings. The van der Waals surface area contributed by atoms with Crippen molar-refractivity contribution in [2.75, 3.05) is 5.43 Å². The maximum atomic E-state index is 12.4. The van der Waals surface area contributed by atoms with Gasteiger partial charge in [-0.25, -0.2) is 9.97 Å². The van der Waals surface area contributed by atoms with E-state index in [1.807, 2.05) is 25.1 Å². The number of nitrogens with zero attached hydrogens (tertiary/aromatic N) is 4. The minimum Gasteiger partial charge on any atom is -0.431 e. The second-order valence-electron chi connectivity index (χ2n) is 6.57.